The highest BCUT2D eigenvalue weighted by molar-refractivity contribution is 7.88. The normalized spacial score (nSPS) is 17.3. The molecular formula is C14H22N6O2S. The number of sulfonamides is 1. The summed E-state index contributed by atoms with van der Waals surface area (Å²) in [6.45, 7) is 4.29. The van der Waals surface area contributed by atoms with Gasteiger partial charge in [0.05, 0.1) is 6.26 Å². The van der Waals surface area contributed by atoms with Crippen LogP contribution in [-0.4, -0.2) is 65.2 Å². The fraction of sp³-hybridized carbons (Fsp3) is 0.643. The Hall–Kier alpha value is -1.74. The van der Waals surface area contributed by atoms with Crippen molar-refractivity contribution in [2.75, 3.05) is 37.8 Å². The lowest BCUT2D eigenvalue weighted by Crippen LogP contribution is -2.40. The molecule has 126 valence electrons. The molecule has 0 spiro atoms. The summed E-state index contributed by atoms with van der Waals surface area (Å²) in [7, 11) is -1.46. The number of aryl methyl sites for hydroxylation is 1. The molecule has 1 fully saturated rings. The molecule has 1 saturated heterocycles. The molecule has 0 bridgehead atoms. The number of anilines is 1. The number of piperidine rings is 1. The second kappa shape index (κ2) is 6.04. The highest BCUT2D eigenvalue weighted by Gasteiger charge is 2.24. The molecule has 8 nitrogen and oxygen atoms in total. The molecule has 1 aliphatic heterocycles. The maximum atomic E-state index is 11.5. The number of nitrogens with zero attached hydrogens (tertiary/aromatic N) is 6. The number of aromatic nitrogens is 4. The third-order valence-corrected chi connectivity index (χ3v) is 5.66. The third kappa shape index (κ3) is 3.45. The van der Waals surface area contributed by atoms with Crippen LogP contribution in [-0.2, 0) is 10.0 Å². The van der Waals surface area contributed by atoms with Crippen LogP contribution in [0.5, 0.6) is 0 Å². The van der Waals surface area contributed by atoms with Gasteiger partial charge in [0.25, 0.3) is 5.78 Å². The standard InChI is InChI=1S/C14H22N6O2S/c1-11-8-13(20-14(17-11)15-10-16-20)19-6-4-12(5-7-19)9-18(2)23(3,21)22/h8,10,12H,4-7,9H2,1-3H3. The van der Waals surface area contributed by atoms with Crippen molar-refractivity contribution in [3.8, 4) is 0 Å². The van der Waals surface area contributed by atoms with Crippen molar-refractivity contribution in [3.05, 3.63) is 18.1 Å². The van der Waals surface area contributed by atoms with Crippen molar-refractivity contribution in [2.45, 2.75) is 19.8 Å². The lowest BCUT2D eigenvalue weighted by molar-refractivity contribution is 0.328. The van der Waals surface area contributed by atoms with Gasteiger partial charge >= 0.3 is 0 Å². The molecular weight excluding hydrogens is 316 g/mol. The van der Waals surface area contributed by atoms with E-state index in [0.29, 0.717) is 18.2 Å². The van der Waals surface area contributed by atoms with E-state index in [9.17, 15) is 8.42 Å². The van der Waals surface area contributed by atoms with Crippen LogP contribution in [0.3, 0.4) is 0 Å². The first-order valence-corrected chi connectivity index (χ1v) is 9.53. The first-order valence-electron chi connectivity index (χ1n) is 7.68. The van der Waals surface area contributed by atoms with Crippen LogP contribution in [0, 0.1) is 12.8 Å². The van der Waals surface area contributed by atoms with Crippen LogP contribution < -0.4 is 4.90 Å². The van der Waals surface area contributed by atoms with Crippen molar-refractivity contribution in [1.82, 2.24) is 23.9 Å². The SMILES string of the molecule is Cc1cc(N2CCC(CN(C)S(C)(=O)=O)CC2)n2ncnc2n1. The highest BCUT2D eigenvalue weighted by Crippen LogP contribution is 2.24. The van der Waals surface area contributed by atoms with Gasteiger partial charge in [0.2, 0.25) is 10.0 Å². The Morgan fingerprint density at radius 1 is 1.35 bits per heavy atom. The van der Waals surface area contributed by atoms with Crippen molar-refractivity contribution < 1.29 is 8.42 Å². The summed E-state index contributed by atoms with van der Waals surface area (Å²) in [4.78, 5) is 10.8. The van der Waals surface area contributed by atoms with Crippen molar-refractivity contribution >= 4 is 21.6 Å². The van der Waals surface area contributed by atoms with Gasteiger partial charge in [-0.25, -0.2) is 17.7 Å². The van der Waals surface area contributed by atoms with Crippen LogP contribution in [0.1, 0.15) is 18.5 Å². The molecule has 9 heteroatoms. The molecule has 0 aliphatic carbocycles. The van der Waals surface area contributed by atoms with E-state index in [0.717, 1.165) is 37.4 Å². The Bertz CT molecular complexity index is 795. The van der Waals surface area contributed by atoms with Crippen LogP contribution >= 0.6 is 0 Å². The van der Waals surface area contributed by atoms with Crippen molar-refractivity contribution in [2.24, 2.45) is 5.92 Å². The van der Waals surface area contributed by atoms with E-state index in [-0.39, 0.29) is 0 Å². The van der Waals surface area contributed by atoms with E-state index >= 15 is 0 Å². The average Bonchev–Trinajstić information content (AvgIpc) is 2.94. The Labute approximate surface area is 136 Å². The molecule has 0 radical (unpaired) electrons. The van der Waals surface area contributed by atoms with Gasteiger partial charge < -0.3 is 4.90 Å². The van der Waals surface area contributed by atoms with Gasteiger partial charge in [-0.2, -0.15) is 14.6 Å². The first kappa shape index (κ1) is 16.1. The summed E-state index contributed by atoms with van der Waals surface area (Å²) in [5.41, 5.74) is 0.916. The molecule has 0 atom stereocenters. The summed E-state index contributed by atoms with van der Waals surface area (Å²) in [5.74, 6) is 2.00. The summed E-state index contributed by atoms with van der Waals surface area (Å²) in [6.07, 6.45) is 4.68. The Balaban J connectivity index is 1.70. The Kier molecular flexibility index (Phi) is 4.24. The zero-order chi connectivity index (χ0) is 16.6. The minimum Gasteiger partial charge on any atom is -0.356 e. The molecule has 23 heavy (non-hydrogen) atoms. The number of hydrogen-bond acceptors (Lipinski definition) is 6. The lowest BCUT2D eigenvalue weighted by atomic mass is 9.97. The van der Waals surface area contributed by atoms with E-state index in [4.69, 9.17) is 0 Å². The molecule has 0 aromatic carbocycles. The lowest BCUT2D eigenvalue weighted by Gasteiger charge is -2.34. The van der Waals surface area contributed by atoms with E-state index in [1.165, 1.54) is 16.9 Å². The van der Waals surface area contributed by atoms with Gasteiger partial charge in [0, 0.05) is 38.4 Å². The Morgan fingerprint density at radius 2 is 2.04 bits per heavy atom. The molecule has 2 aromatic heterocycles. The fourth-order valence-corrected chi connectivity index (χ4v) is 3.46. The van der Waals surface area contributed by atoms with Crippen molar-refractivity contribution in [3.63, 3.8) is 0 Å². The summed E-state index contributed by atoms with van der Waals surface area (Å²) in [5, 5.41) is 4.25. The van der Waals surface area contributed by atoms with Gasteiger partial charge in [-0.3, -0.25) is 0 Å². The van der Waals surface area contributed by atoms with E-state index in [2.05, 4.69) is 20.0 Å². The topological polar surface area (TPSA) is 83.7 Å². The summed E-state index contributed by atoms with van der Waals surface area (Å²) >= 11 is 0. The molecule has 3 heterocycles. The fourth-order valence-electron chi connectivity index (χ4n) is 2.98. The minimum atomic E-state index is -3.11. The second-order valence-corrected chi connectivity index (χ2v) is 8.29. The summed E-state index contributed by atoms with van der Waals surface area (Å²) in [6, 6.07) is 2.02. The molecule has 0 N–H and O–H groups in total. The van der Waals surface area contributed by atoms with Crippen LogP contribution in [0.15, 0.2) is 12.4 Å². The first-order chi connectivity index (χ1) is 10.8. The quantitative estimate of drug-likeness (QED) is 0.809. The van der Waals surface area contributed by atoms with Crippen molar-refractivity contribution in [1.29, 1.82) is 0 Å². The second-order valence-electron chi connectivity index (χ2n) is 6.20. The van der Waals surface area contributed by atoms with E-state index < -0.39 is 10.0 Å². The molecule has 3 rings (SSSR count). The molecule has 0 saturated carbocycles. The van der Waals surface area contributed by atoms with Gasteiger partial charge in [-0.15, -0.1) is 0 Å². The number of rotatable bonds is 4. The average molecular weight is 338 g/mol. The number of fused-ring (bicyclic) bond motifs is 1. The van der Waals surface area contributed by atoms with Crippen LogP contribution in [0.4, 0.5) is 5.82 Å². The monoisotopic (exact) mass is 338 g/mol. The largest absolute Gasteiger partial charge is 0.356 e. The van der Waals surface area contributed by atoms with Crippen LogP contribution in [0.25, 0.3) is 5.78 Å². The molecule has 1 aliphatic rings. The maximum Gasteiger partial charge on any atom is 0.254 e. The van der Waals surface area contributed by atoms with E-state index in [1.54, 1.807) is 11.6 Å². The van der Waals surface area contributed by atoms with Gasteiger partial charge in [0.15, 0.2) is 0 Å². The maximum absolute atomic E-state index is 11.5. The van der Waals surface area contributed by atoms with Crippen LogP contribution in [0.2, 0.25) is 0 Å². The summed E-state index contributed by atoms with van der Waals surface area (Å²) < 4.78 is 26.3. The predicted molar refractivity (Wildman–Crippen MR) is 87.9 cm³/mol. The van der Waals surface area contributed by atoms with E-state index in [1.807, 2.05) is 13.0 Å². The van der Waals surface area contributed by atoms with Gasteiger partial charge in [-0.05, 0) is 25.7 Å². The molecule has 0 amide bonds. The zero-order valence-corrected chi connectivity index (χ0v) is 14.5. The number of hydrogen-bond donors (Lipinski definition) is 0. The zero-order valence-electron chi connectivity index (χ0n) is 13.7. The smallest absolute Gasteiger partial charge is 0.254 e. The Morgan fingerprint density at radius 3 is 2.70 bits per heavy atom. The minimum absolute atomic E-state index is 0.389. The molecule has 2 aromatic rings. The van der Waals surface area contributed by atoms with Gasteiger partial charge in [0.1, 0.15) is 12.1 Å². The molecule has 0 unspecified atom stereocenters. The third-order valence-electron chi connectivity index (χ3n) is 4.38. The van der Waals surface area contributed by atoms with Gasteiger partial charge in [-0.1, -0.05) is 0 Å². The highest BCUT2D eigenvalue weighted by atomic mass is 32.2. The predicted octanol–water partition coefficient (Wildman–Crippen LogP) is 0.541.